The van der Waals surface area contributed by atoms with Gasteiger partial charge in [-0.25, -0.2) is 13.4 Å². The number of hydrogen-bond acceptors (Lipinski definition) is 3. The van der Waals surface area contributed by atoms with E-state index in [9.17, 15) is 8.42 Å². The summed E-state index contributed by atoms with van der Waals surface area (Å²) in [5.41, 5.74) is 0. The van der Waals surface area contributed by atoms with E-state index in [-0.39, 0.29) is 5.03 Å². The van der Waals surface area contributed by atoms with Gasteiger partial charge in [-0.2, -0.15) is 4.31 Å². The molecule has 0 N–H and O–H groups in total. The van der Waals surface area contributed by atoms with E-state index in [1.165, 1.54) is 16.8 Å². The van der Waals surface area contributed by atoms with Crippen molar-refractivity contribution in [2.75, 3.05) is 13.1 Å². The molecular weight excluding hydrogens is 202 g/mol. The number of nitrogens with zero attached hydrogens (tertiary/aromatic N) is 3. The first-order valence-corrected chi connectivity index (χ1v) is 6.03. The zero-order chi connectivity index (χ0) is 10.2. The molecule has 0 atom stereocenters. The van der Waals surface area contributed by atoms with Crippen molar-refractivity contribution in [3.8, 4) is 0 Å². The van der Waals surface area contributed by atoms with Gasteiger partial charge in [-0.3, -0.25) is 0 Å². The maximum Gasteiger partial charge on any atom is 0.262 e. The first kappa shape index (κ1) is 9.67. The average Bonchev–Trinajstić information content (AvgIpc) is 2.72. The van der Waals surface area contributed by atoms with E-state index in [1.54, 1.807) is 11.6 Å². The highest BCUT2D eigenvalue weighted by molar-refractivity contribution is 7.89. The summed E-state index contributed by atoms with van der Waals surface area (Å²) in [5.74, 6) is 0. The number of aromatic nitrogens is 2. The Kier molecular flexibility index (Phi) is 2.32. The Morgan fingerprint density at radius 1 is 1.36 bits per heavy atom. The van der Waals surface area contributed by atoms with E-state index in [0.29, 0.717) is 13.1 Å². The van der Waals surface area contributed by atoms with Gasteiger partial charge in [-0.1, -0.05) is 0 Å². The van der Waals surface area contributed by atoms with Gasteiger partial charge in [-0.15, -0.1) is 0 Å². The summed E-state index contributed by atoms with van der Waals surface area (Å²) in [7, 11) is -1.56. The second kappa shape index (κ2) is 3.36. The van der Waals surface area contributed by atoms with Crippen LogP contribution in [0.15, 0.2) is 17.6 Å². The first-order valence-electron chi connectivity index (χ1n) is 4.59. The van der Waals surface area contributed by atoms with Crippen LogP contribution in [0.2, 0.25) is 0 Å². The lowest BCUT2D eigenvalue weighted by Gasteiger charge is -2.12. The third-order valence-electron chi connectivity index (χ3n) is 2.35. The van der Waals surface area contributed by atoms with Gasteiger partial charge in [0.2, 0.25) is 0 Å². The highest BCUT2D eigenvalue weighted by Gasteiger charge is 2.28. The number of hydrogen-bond donors (Lipinski definition) is 0. The first-order chi connectivity index (χ1) is 6.60. The van der Waals surface area contributed by atoms with Crippen molar-refractivity contribution in [2.24, 2.45) is 7.05 Å². The van der Waals surface area contributed by atoms with Crippen molar-refractivity contribution in [2.45, 2.75) is 17.9 Å². The molecule has 0 spiro atoms. The molecule has 0 bridgehead atoms. The van der Waals surface area contributed by atoms with Crippen LogP contribution in [-0.2, 0) is 17.1 Å². The second-order valence-electron chi connectivity index (χ2n) is 3.49. The number of rotatable bonds is 2. The van der Waals surface area contributed by atoms with E-state index in [2.05, 4.69) is 4.98 Å². The van der Waals surface area contributed by atoms with Crippen molar-refractivity contribution < 1.29 is 8.42 Å². The summed E-state index contributed by atoms with van der Waals surface area (Å²) < 4.78 is 26.9. The Morgan fingerprint density at radius 2 is 2.00 bits per heavy atom. The smallest absolute Gasteiger partial charge is 0.262 e. The summed E-state index contributed by atoms with van der Waals surface area (Å²) in [6.45, 7) is 1.25. The zero-order valence-electron chi connectivity index (χ0n) is 8.05. The summed E-state index contributed by atoms with van der Waals surface area (Å²) in [4.78, 5) is 3.87. The van der Waals surface area contributed by atoms with Gasteiger partial charge in [0.05, 0.1) is 6.33 Å². The Bertz CT molecular complexity index is 418. The van der Waals surface area contributed by atoms with Crippen LogP contribution in [0.3, 0.4) is 0 Å². The fourth-order valence-electron chi connectivity index (χ4n) is 1.58. The average molecular weight is 215 g/mol. The van der Waals surface area contributed by atoms with Crippen molar-refractivity contribution in [3.05, 3.63) is 12.5 Å². The van der Waals surface area contributed by atoms with E-state index < -0.39 is 10.0 Å². The largest absolute Gasteiger partial charge is 0.339 e. The molecule has 0 unspecified atom stereocenters. The highest BCUT2D eigenvalue weighted by Crippen LogP contribution is 2.18. The molecule has 2 heterocycles. The molecule has 0 aromatic carbocycles. The van der Waals surface area contributed by atoms with E-state index in [4.69, 9.17) is 0 Å². The SMILES string of the molecule is Cn1cnc(S(=O)(=O)N2CCCC2)c1. The lowest BCUT2D eigenvalue weighted by atomic mass is 10.4. The van der Waals surface area contributed by atoms with Gasteiger partial charge in [0.25, 0.3) is 10.0 Å². The zero-order valence-corrected chi connectivity index (χ0v) is 8.87. The molecule has 1 aliphatic rings. The molecular formula is C8H13N3O2S. The highest BCUT2D eigenvalue weighted by atomic mass is 32.2. The van der Waals surface area contributed by atoms with Crippen molar-refractivity contribution >= 4 is 10.0 Å². The van der Waals surface area contributed by atoms with Crippen LogP contribution in [0.1, 0.15) is 12.8 Å². The Labute approximate surface area is 83.4 Å². The van der Waals surface area contributed by atoms with Crippen LogP contribution in [0, 0.1) is 0 Å². The number of imidazole rings is 1. The number of sulfonamides is 1. The van der Waals surface area contributed by atoms with E-state index in [0.717, 1.165) is 12.8 Å². The minimum atomic E-state index is -3.32. The summed E-state index contributed by atoms with van der Waals surface area (Å²) in [6, 6.07) is 0. The van der Waals surface area contributed by atoms with E-state index >= 15 is 0 Å². The maximum absolute atomic E-state index is 11.9. The van der Waals surface area contributed by atoms with Crippen LogP contribution >= 0.6 is 0 Å². The Hall–Kier alpha value is -0.880. The topological polar surface area (TPSA) is 55.2 Å². The van der Waals surface area contributed by atoms with E-state index in [1.807, 2.05) is 0 Å². The van der Waals surface area contributed by atoms with Gasteiger partial charge in [-0.05, 0) is 12.8 Å². The predicted molar refractivity (Wildman–Crippen MR) is 51.2 cm³/mol. The molecule has 6 heteroatoms. The second-order valence-corrected chi connectivity index (χ2v) is 5.37. The Morgan fingerprint density at radius 3 is 2.50 bits per heavy atom. The molecule has 1 aromatic heterocycles. The molecule has 14 heavy (non-hydrogen) atoms. The normalized spacial score (nSPS) is 18.9. The minimum absolute atomic E-state index is 0.155. The molecule has 5 nitrogen and oxygen atoms in total. The fraction of sp³-hybridized carbons (Fsp3) is 0.625. The summed E-state index contributed by atoms with van der Waals surface area (Å²) >= 11 is 0. The van der Waals surface area contributed by atoms with Crippen molar-refractivity contribution in [1.82, 2.24) is 13.9 Å². The lowest BCUT2D eigenvalue weighted by molar-refractivity contribution is 0.475. The van der Waals surface area contributed by atoms with Gasteiger partial charge in [0.15, 0.2) is 5.03 Å². The standard InChI is InChI=1S/C8H13N3O2S/c1-10-6-8(9-7-10)14(12,13)11-4-2-3-5-11/h6-7H,2-5H2,1H3. The van der Waals surface area contributed by atoms with Gasteiger partial charge >= 0.3 is 0 Å². The lowest BCUT2D eigenvalue weighted by Crippen LogP contribution is -2.28. The van der Waals surface area contributed by atoms with Crippen LogP contribution in [-0.4, -0.2) is 35.4 Å². The van der Waals surface area contributed by atoms with Crippen LogP contribution in [0.5, 0.6) is 0 Å². The Balaban J connectivity index is 2.32. The number of aryl methyl sites for hydroxylation is 1. The molecule has 0 amide bonds. The summed E-state index contributed by atoms with van der Waals surface area (Å²) in [5, 5.41) is 0.155. The molecule has 1 aliphatic heterocycles. The molecule has 0 saturated carbocycles. The third-order valence-corrected chi connectivity index (χ3v) is 4.13. The molecule has 1 fully saturated rings. The molecule has 2 rings (SSSR count). The fourth-order valence-corrected chi connectivity index (χ4v) is 3.07. The van der Waals surface area contributed by atoms with Crippen LogP contribution in [0.4, 0.5) is 0 Å². The van der Waals surface area contributed by atoms with Gasteiger partial charge in [0, 0.05) is 26.3 Å². The quantitative estimate of drug-likeness (QED) is 0.708. The molecule has 1 saturated heterocycles. The predicted octanol–water partition coefficient (Wildman–Crippen LogP) is 0.205. The molecule has 0 radical (unpaired) electrons. The molecule has 78 valence electrons. The van der Waals surface area contributed by atoms with Crippen LogP contribution in [0.25, 0.3) is 0 Å². The van der Waals surface area contributed by atoms with Crippen molar-refractivity contribution in [3.63, 3.8) is 0 Å². The van der Waals surface area contributed by atoms with Gasteiger partial charge in [0.1, 0.15) is 0 Å². The van der Waals surface area contributed by atoms with Gasteiger partial charge < -0.3 is 4.57 Å². The maximum atomic E-state index is 11.9. The van der Waals surface area contributed by atoms with Crippen molar-refractivity contribution in [1.29, 1.82) is 0 Å². The molecule has 1 aromatic rings. The molecule has 0 aliphatic carbocycles. The minimum Gasteiger partial charge on any atom is -0.339 e. The monoisotopic (exact) mass is 215 g/mol. The van der Waals surface area contributed by atoms with Crippen LogP contribution < -0.4 is 0 Å². The third kappa shape index (κ3) is 1.55. The summed E-state index contributed by atoms with van der Waals surface area (Å²) in [6.07, 6.45) is 4.94.